The maximum absolute atomic E-state index is 11.6. The zero-order chi connectivity index (χ0) is 13.6. The molecule has 106 valence electrons. The number of carbonyl (C=O) groups is 1. The first-order chi connectivity index (χ1) is 8.51. The Morgan fingerprint density at radius 3 is 2.50 bits per heavy atom. The van der Waals surface area contributed by atoms with Crippen LogP contribution in [0.15, 0.2) is 0 Å². The van der Waals surface area contributed by atoms with Crippen LogP contribution in [0.4, 0.5) is 0 Å². The molecule has 18 heavy (non-hydrogen) atoms. The third kappa shape index (κ3) is 4.58. The monoisotopic (exact) mass is 256 g/mol. The SMILES string of the molecule is CCC1CCC(CN)(OCC(=O)NC(C)C)CC1. The summed E-state index contributed by atoms with van der Waals surface area (Å²) < 4.78 is 5.84. The number of nitrogens with one attached hydrogen (secondary N) is 1. The number of carbonyl (C=O) groups excluding carboxylic acids is 1. The lowest BCUT2D eigenvalue weighted by Crippen LogP contribution is -2.46. The van der Waals surface area contributed by atoms with Gasteiger partial charge >= 0.3 is 0 Å². The number of rotatable bonds is 6. The fraction of sp³-hybridized carbons (Fsp3) is 0.929. The molecule has 0 atom stereocenters. The topological polar surface area (TPSA) is 64.3 Å². The summed E-state index contributed by atoms with van der Waals surface area (Å²) in [6, 6.07) is 0.158. The molecule has 0 unspecified atom stereocenters. The van der Waals surface area contributed by atoms with Gasteiger partial charge in [-0.05, 0) is 45.4 Å². The second-order valence-corrected chi connectivity index (χ2v) is 5.75. The van der Waals surface area contributed by atoms with E-state index >= 15 is 0 Å². The minimum Gasteiger partial charge on any atom is -0.364 e. The van der Waals surface area contributed by atoms with Gasteiger partial charge in [0.2, 0.25) is 5.91 Å². The molecule has 1 fully saturated rings. The van der Waals surface area contributed by atoms with Gasteiger partial charge in [0.15, 0.2) is 0 Å². The molecule has 0 saturated heterocycles. The van der Waals surface area contributed by atoms with Crippen molar-refractivity contribution >= 4 is 5.91 Å². The predicted molar refractivity (Wildman–Crippen MR) is 73.3 cm³/mol. The normalized spacial score (nSPS) is 28.4. The van der Waals surface area contributed by atoms with Crippen LogP contribution in [0.25, 0.3) is 0 Å². The van der Waals surface area contributed by atoms with Gasteiger partial charge < -0.3 is 15.8 Å². The van der Waals surface area contributed by atoms with Crippen molar-refractivity contribution in [3.8, 4) is 0 Å². The highest BCUT2D eigenvalue weighted by molar-refractivity contribution is 5.77. The van der Waals surface area contributed by atoms with Crippen molar-refractivity contribution in [1.82, 2.24) is 5.32 Å². The molecule has 4 nitrogen and oxygen atoms in total. The first kappa shape index (κ1) is 15.4. The van der Waals surface area contributed by atoms with Gasteiger partial charge in [-0.3, -0.25) is 4.79 Å². The molecule has 0 bridgehead atoms. The second-order valence-electron chi connectivity index (χ2n) is 5.75. The highest BCUT2D eigenvalue weighted by Crippen LogP contribution is 2.35. The second kappa shape index (κ2) is 7.10. The zero-order valence-electron chi connectivity index (χ0n) is 12.0. The van der Waals surface area contributed by atoms with Gasteiger partial charge in [0.05, 0.1) is 5.60 Å². The van der Waals surface area contributed by atoms with Gasteiger partial charge in [-0.1, -0.05) is 13.3 Å². The number of hydrogen-bond donors (Lipinski definition) is 2. The van der Waals surface area contributed by atoms with E-state index in [0.717, 1.165) is 18.8 Å². The van der Waals surface area contributed by atoms with E-state index in [1.807, 2.05) is 13.8 Å². The molecule has 3 N–H and O–H groups in total. The Morgan fingerprint density at radius 2 is 2.06 bits per heavy atom. The first-order valence-corrected chi connectivity index (χ1v) is 7.14. The van der Waals surface area contributed by atoms with Crippen molar-refractivity contribution in [2.75, 3.05) is 13.2 Å². The van der Waals surface area contributed by atoms with E-state index in [1.54, 1.807) is 0 Å². The van der Waals surface area contributed by atoms with Gasteiger partial charge in [-0.25, -0.2) is 0 Å². The summed E-state index contributed by atoms with van der Waals surface area (Å²) >= 11 is 0. The Balaban J connectivity index is 2.40. The molecule has 1 saturated carbocycles. The molecule has 4 heteroatoms. The van der Waals surface area contributed by atoms with Crippen molar-refractivity contribution in [2.45, 2.75) is 64.5 Å². The third-order valence-electron chi connectivity index (χ3n) is 3.92. The quantitative estimate of drug-likeness (QED) is 0.762. The summed E-state index contributed by atoms with van der Waals surface area (Å²) in [6.07, 6.45) is 5.53. The van der Waals surface area contributed by atoms with E-state index in [4.69, 9.17) is 10.5 Å². The molecule has 1 aliphatic carbocycles. The minimum atomic E-state index is -0.264. The van der Waals surface area contributed by atoms with E-state index in [2.05, 4.69) is 12.2 Å². The summed E-state index contributed by atoms with van der Waals surface area (Å²) in [6.45, 7) is 6.77. The van der Waals surface area contributed by atoms with Crippen LogP contribution >= 0.6 is 0 Å². The van der Waals surface area contributed by atoms with Crippen LogP contribution in [-0.4, -0.2) is 30.7 Å². The molecule has 0 heterocycles. The summed E-state index contributed by atoms with van der Waals surface area (Å²) in [5.74, 6) is 0.758. The Kier molecular flexibility index (Phi) is 6.09. The average Bonchev–Trinajstić information content (AvgIpc) is 2.36. The number of hydrogen-bond acceptors (Lipinski definition) is 3. The smallest absolute Gasteiger partial charge is 0.246 e. The lowest BCUT2D eigenvalue weighted by molar-refractivity contribution is -0.136. The van der Waals surface area contributed by atoms with Crippen LogP contribution in [0.1, 0.15) is 52.9 Å². The first-order valence-electron chi connectivity index (χ1n) is 7.14. The van der Waals surface area contributed by atoms with Crippen LogP contribution in [0.2, 0.25) is 0 Å². The van der Waals surface area contributed by atoms with Gasteiger partial charge in [0.1, 0.15) is 6.61 Å². The van der Waals surface area contributed by atoms with Gasteiger partial charge in [-0.2, -0.15) is 0 Å². The molecule has 1 rings (SSSR count). The van der Waals surface area contributed by atoms with Crippen molar-refractivity contribution in [3.63, 3.8) is 0 Å². The highest BCUT2D eigenvalue weighted by Gasteiger charge is 2.35. The molecular weight excluding hydrogens is 228 g/mol. The van der Waals surface area contributed by atoms with E-state index < -0.39 is 0 Å². The van der Waals surface area contributed by atoms with Crippen LogP contribution in [0.3, 0.4) is 0 Å². The lowest BCUT2D eigenvalue weighted by Gasteiger charge is -2.39. The van der Waals surface area contributed by atoms with Crippen molar-refractivity contribution < 1.29 is 9.53 Å². The van der Waals surface area contributed by atoms with Crippen molar-refractivity contribution in [1.29, 1.82) is 0 Å². The third-order valence-corrected chi connectivity index (χ3v) is 3.92. The van der Waals surface area contributed by atoms with Crippen LogP contribution in [0.5, 0.6) is 0 Å². The van der Waals surface area contributed by atoms with Crippen molar-refractivity contribution in [2.24, 2.45) is 11.7 Å². The van der Waals surface area contributed by atoms with Gasteiger partial charge in [0, 0.05) is 12.6 Å². The summed E-state index contributed by atoms with van der Waals surface area (Å²) in [7, 11) is 0. The molecule has 0 aromatic carbocycles. The minimum absolute atomic E-state index is 0.0459. The summed E-state index contributed by atoms with van der Waals surface area (Å²) in [5, 5.41) is 2.84. The van der Waals surface area contributed by atoms with Crippen LogP contribution < -0.4 is 11.1 Å². The van der Waals surface area contributed by atoms with E-state index in [0.29, 0.717) is 6.54 Å². The Hall–Kier alpha value is -0.610. The molecule has 0 radical (unpaired) electrons. The van der Waals surface area contributed by atoms with Crippen LogP contribution in [0, 0.1) is 5.92 Å². The zero-order valence-corrected chi connectivity index (χ0v) is 12.0. The number of ether oxygens (including phenoxy) is 1. The standard InChI is InChI=1S/C14H28N2O2/c1-4-12-5-7-14(10-15,8-6-12)18-9-13(17)16-11(2)3/h11-12H,4-10,15H2,1-3H3,(H,16,17). The Labute approximate surface area is 111 Å². The van der Waals surface area contributed by atoms with Crippen LogP contribution in [-0.2, 0) is 9.53 Å². The molecule has 1 aliphatic rings. The van der Waals surface area contributed by atoms with E-state index in [9.17, 15) is 4.79 Å². The summed E-state index contributed by atoms with van der Waals surface area (Å²) in [4.78, 5) is 11.6. The van der Waals surface area contributed by atoms with Gasteiger partial charge in [0.25, 0.3) is 0 Å². The fourth-order valence-corrected chi connectivity index (χ4v) is 2.60. The van der Waals surface area contributed by atoms with E-state index in [-0.39, 0.29) is 24.2 Å². The number of amides is 1. The highest BCUT2D eigenvalue weighted by atomic mass is 16.5. The maximum Gasteiger partial charge on any atom is 0.246 e. The van der Waals surface area contributed by atoms with Gasteiger partial charge in [-0.15, -0.1) is 0 Å². The molecule has 0 spiro atoms. The van der Waals surface area contributed by atoms with Crippen molar-refractivity contribution in [3.05, 3.63) is 0 Å². The Morgan fingerprint density at radius 1 is 1.44 bits per heavy atom. The lowest BCUT2D eigenvalue weighted by atomic mass is 9.77. The molecular formula is C14H28N2O2. The molecule has 0 aliphatic heterocycles. The maximum atomic E-state index is 11.6. The molecule has 1 amide bonds. The molecule has 0 aromatic heterocycles. The predicted octanol–water partition coefficient (Wildman–Crippen LogP) is 1.83. The average molecular weight is 256 g/mol. The fourth-order valence-electron chi connectivity index (χ4n) is 2.60. The Bertz CT molecular complexity index is 259. The largest absolute Gasteiger partial charge is 0.364 e. The molecule has 0 aromatic rings. The number of nitrogens with two attached hydrogens (primary N) is 1. The van der Waals surface area contributed by atoms with E-state index in [1.165, 1.54) is 19.3 Å². The summed E-state index contributed by atoms with van der Waals surface area (Å²) in [5.41, 5.74) is 5.59.